The zero-order valence-corrected chi connectivity index (χ0v) is 23.9. The average molecular weight is 594 g/mol. The van der Waals surface area contributed by atoms with E-state index in [1.165, 1.54) is 23.1 Å². The third kappa shape index (κ3) is 8.46. The molecule has 1 atom stereocenters. The third-order valence-corrected chi connectivity index (χ3v) is 6.94. The van der Waals surface area contributed by atoms with Gasteiger partial charge in [0.1, 0.15) is 0 Å². The van der Waals surface area contributed by atoms with Crippen molar-refractivity contribution in [3.63, 3.8) is 0 Å². The van der Waals surface area contributed by atoms with Crippen LogP contribution in [0.4, 0.5) is 18.4 Å². The van der Waals surface area contributed by atoms with Gasteiger partial charge >= 0.3 is 18.7 Å². The summed E-state index contributed by atoms with van der Waals surface area (Å²) >= 11 is 0. The molecule has 2 heterocycles. The van der Waals surface area contributed by atoms with Crippen molar-refractivity contribution in [2.45, 2.75) is 71.6 Å². The molecule has 4 amide bonds. The number of nitrogens with two attached hydrogens (primary N) is 2. The lowest BCUT2D eigenvalue weighted by Gasteiger charge is -2.31. The number of hydrogen-bond acceptors (Lipinski definition) is 8. The van der Waals surface area contributed by atoms with E-state index in [0.717, 1.165) is 12.8 Å². The molecule has 0 spiro atoms. The number of hydrogen-bond donors (Lipinski definition) is 3. The zero-order chi connectivity index (χ0) is 30.6. The predicted molar refractivity (Wildman–Crippen MR) is 146 cm³/mol. The highest BCUT2D eigenvalue weighted by molar-refractivity contribution is 5.94. The number of oxazole rings is 1. The van der Waals surface area contributed by atoms with Crippen LogP contribution in [0.2, 0.25) is 0 Å². The standard InChI is InChI=1S/C28H37F2N5O7/c1-28(2,3)13-20(41-27(32)38)22-21(23(36)33-17-8-10-35(11-9-17)26(31)37)34-24(42-22)16-6-7-18(40-25(29)30)19(12-16)39-14-15-4-5-15/h6-7,12,15,17,20,25H,4-5,8-11,13-14H2,1-3H3,(H2,31,37)(H2,32,38)(H,33,36). The fourth-order valence-corrected chi connectivity index (χ4v) is 4.66. The number of nitrogens with one attached hydrogen (secondary N) is 1. The summed E-state index contributed by atoms with van der Waals surface area (Å²) in [6, 6.07) is 3.42. The number of amides is 4. The number of benzene rings is 1. The molecule has 0 radical (unpaired) electrons. The molecule has 1 aliphatic heterocycles. The Hall–Kier alpha value is -4.10. The number of likely N-dealkylation sites (tertiary alicyclic amines) is 1. The first-order chi connectivity index (χ1) is 19.8. The summed E-state index contributed by atoms with van der Waals surface area (Å²) in [4.78, 5) is 42.8. The number of nitrogens with zero attached hydrogens (tertiary/aromatic N) is 2. The molecule has 42 heavy (non-hydrogen) atoms. The maximum atomic E-state index is 13.5. The third-order valence-electron chi connectivity index (χ3n) is 6.94. The smallest absolute Gasteiger partial charge is 0.405 e. The first kappa shape index (κ1) is 30.8. The van der Waals surface area contributed by atoms with Crippen molar-refractivity contribution >= 4 is 18.0 Å². The molecule has 0 bridgehead atoms. The molecule has 230 valence electrons. The van der Waals surface area contributed by atoms with Gasteiger partial charge in [-0.15, -0.1) is 0 Å². The van der Waals surface area contributed by atoms with Crippen LogP contribution in [0.1, 0.15) is 75.2 Å². The molecule has 2 aromatic rings. The Balaban J connectivity index is 1.68. The van der Waals surface area contributed by atoms with Crippen molar-refractivity contribution in [3.8, 4) is 23.0 Å². The molecule has 1 aromatic heterocycles. The first-order valence-corrected chi connectivity index (χ1v) is 13.8. The first-order valence-electron chi connectivity index (χ1n) is 13.8. The van der Waals surface area contributed by atoms with Crippen LogP contribution in [-0.4, -0.2) is 60.3 Å². The van der Waals surface area contributed by atoms with Crippen LogP contribution in [0.5, 0.6) is 11.5 Å². The van der Waals surface area contributed by atoms with Crippen molar-refractivity contribution in [2.24, 2.45) is 22.8 Å². The zero-order valence-electron chi connectivity index (χ0n) is 23.9. The predicted octanol–water partition coefficient (Wildman–Crippen LogP) is 4.58. The monoisotopic (exact) mass is 593 g/mol. The lowest BCUT2D eigenvalue weighted by molar-refractivity contribution is -0.0515. The van der Waals surface area contributed by atoms with E-state index in [2.05, 4.69) is 15.0 Å². The number of primary amides is 2. The van der Waals surface area contributed by atoms with Crippen LogP contribution < -0.4 is 26.3 Å². The van der Waals surface area contributed by atoms with Gasteiger partial charge in [-0.25, -0.2) is 14.6 Å². The molecular formula is C28H37F2N5O7. The molecule has 4 rings (SSSR count). The number of carbonyl (C=O) groups is 3. The second-order valence-electron chi connectivity index (χ2n) is 11.8. The fraction of sp³-hybridized carbons (Fsp3) is 0.571. The van der Waals surface area contributed by atoms with E-state index < -0.39 is 30.7 Å². The molecule has 1 saturated carbocycles. The van der Waals surface area contributed by atoms with Crippen LogP contribution in [-0.2, 0) is 4.74 Å². The highest BCUT2D eigenvalue weighted by Gasteiger charge is 2.34. The average Bonchev–Trinajstić information content (AvgIpc) is 3.61. The molecule has 2 fully saturated rings. The normalized spacial score (nSPS) is 16.7. The number of halogens is 2. The number of urea groups is 1. The highest BCUT2D eigenvalue weighted by atomic mass is 19.3. The van der Waals surface area contributed by atoms with Gasteiger partial charge in [0.25, 0.3) is 5.91 Å². The lowest BCUT2D eigenvalue weighted by Crippen LogP contribution is -2.48. The molecular weight excluding hydrogens is 556 g/mol. The summed E-state index contributed by atoms with van der Waals surface area (Å²) in [6.45, 7) is 3.79. The maximum Gasteiger partial charge on any atom is 0.405 e. The number of ether oxygens (including phenoxy) is 3. The molecule has 1 aromatic carbocycles. The topological polar surface area (TPSA) is 172 Å². The van der Waals surface area contributed by atoms with Crippen LogP contribution in [0.15, 0.2) is 22.6 Å². The minimum atomic E-state index is -3.05. The van der Waals surface area contributed by atoms with Gasteiger partial charge in [-0.3, -0.25) is 4.79 Å². The van der Waals surface area contributed by atoms with E-state index in [4.69, 9.17) is 25.4 Å². The van der Waals surface area contributed by atoms with E-state index in [1.807, 2.05) is 20.8 Å². The molecule has 14 heteroatoms. The summed E-state index contributed by atoms with van der Waals surface area (Å²) in [7, 11) is 0. The Labute approximate surface area is 242 Å². The van der Waals surface area contributed by atoms with Gasteiger partial charge < -0.3 is 40.3 Å². The van der Waals surface area contributed by atoms with Gasteiger partial charge in [0.2, 0.25) is 5.89 Å². The van der Waals surface area contributed by atoms with Crippen LogP contribution in [0.3, 0.4) is 0 Å². The summed E-state index contributed by atoms with van der Waals surface area (Å²) in [6.07, 6.45) is 1.07. The van der Waals surface area contributed by atoms with E-state index >= 15 is 0 Å². The van der Waals surface area contributed by atoms with Crippen molar-refractivity contribution in [2.75, 3.05) is 19.7 Å². The van der Waals surface area contributed by atoms with E-state index in [0.29, 0.717) is 44.0 Å². The van der Waals surface area contributed by atoms with Gasteiger partial charge in [0, 0.05) is 24.7 Å². The number of carbonyl (C=O) groups excluding carboxylic acids is 3. The Morgan fingerprint density at radius 3 is 2.38 bits per heavy atom. The van der Waals surface area contributed by atoms with Gasteiger partial charge in [-0.05, 0) is 61.6 Å². The van der Waals surface area contributed by atoms with Crippen LogP contribution >= 0.6 is 0 Å². The number of aromatic nitrogens is 1. The van der Waals surface area contributed by atoms with Crippen molar-refractivity contribution < 1.29 is 41.8 Å². The highest BCUT2D eigenvalue weighted by Crippen LogP contribution is 2.39. The van der Waals surface area contributed by atoms with Gasteiger partial charge in [0.05, 0.1) is 6.61 Å². The Bertz CT molecular complexity index is 1280. The van der Waals surface area contributed by atoms with Crippen molar-refractivity contribution in [1.29, 1.82) is 0 Å². The Kier molecular flexibility index (Phi) is 9.42. The van der Waals surface area contributed by atoms with E-state index in [-0.39, 0.29) is 46.7 Å². The number of rotatable bonds is 11. The molecule has 1 aliphatic carbocycles. The minimum absolute atomic E-state index is 0.0147. The van der Waals surface area contributed by atoms with Gasteiger partial charge in [-0.1, -0.05) is 20.8 Å². The summed E-state index contributed by atoms with van der Waals surface area (Å²) in [5.41, 5.74) is 10.6. The fourth-order valence-electron chi connectivity index (χ4n) is 4.66. The van der Waals surface area contributed by atoms with Crippen molar-refractivity contribution in [3.05, 3.63) is 29.7 Å². The SMILES string of the molecule is CC(C)(C)CC(OC(N)=O)c1oc(-c2ccc(OC(F)F)c(OCC3CC3)c2)nc1C(=O)NC1CCN(C(N)=O)CC1. The second kappa shape index (κ2) is 12.8. The molecule has 1 unspecified atom stereocenters. The maximum absolute atomic E-state index is 13.5. The summed E-state index contributed by atoms with van der Waals surface area (Å²) in [5, 5.41) is 2.91. The summed E-state index contributed by atoms with van der Waals surface area (Å²) < 4.78 is 47.9. The quantitative estimate of drug-likeness (QED) is 0.340. The largest absolute Gasteiger partial charge is 0.489 e. The molecule has 12 nitrogen and oxygen atoms in total. The molecule has 5 N–H and O–H groups in total. The lowest BCUT2D eigenvalue weighted by atomic mass is 9.88. The van der Waals surface area contributed by atoms with E-state index in [1.54, 1.807) is 0 Å². The van der Waals surface area contributed by atoms with E-state index in [9.17, 15) is 23.2 Å². The number of piperidine rings is 1. The molecule has 2 aliphatic rings. The van der Waals surface area contributed by atoms with Gasteiger partial charge in [-0.2, -0.15) is 8.78 Å². The van der Waals surface area contributed by atoms with Crippen LogP contribution in [0, 0.1) is 11.3 Å². The minimum Gasteiger partial charge on any atom is -0.489 e. The van der Waals surface area contributed by atoms with Crippen molar-refractivity contribution in [1.82, 2.24) is 15.2 Å². The Morgan fingerprint density at radius 1 is 1.12 bits per heavy atom. The second-order valence-corrected chi connectivity index (χ2v) is 11.8. The summed E-state index contributed by atoms with van der Waals surface area (Å²) in [5.74, 6) is -0.344. The van der Waals surface area contributed by atoms with Gasteiger partial charge in [0.15, 0.2) is 29.1 Å². The molecule has 1 saturated heterocycles. The number of alkyl halides is 2. The Morgan fingerprint density at radius 2 is 1.81 bits per heavy atom. The van der Waals surface area contributed by atoms with Crippen LogP contribution in [0.25, 0.3) is 11.5 Å².